The van der Waals surface area contributed by atoms with E-state index in [1.54, 1.807) is 0 Å². The lowest BCUT2D eigenvalue weighted by atomic mass is 10.1. The summed E-state index contributed by atoms with van der Waals surface area (Å²) in [6, 6.07) is 5.97. The molecule has 1 aliphatic carbocycles. The highest BCUT2D eigenvalue weighted by Gasteiger charge is 2.38. The zero-order chi connectivity index (χ0) is 18.7. The zero-order valence-electron chi connectivity index (χ0n) is 15.6. The molecule has 3 unspecified atom stereocenters. The largest absolute Gasteiger partial charge is 0.371 e. The summed E-state index contributed by atoms with van der Waals surface area (Å²) in [7, 11) is 0. The first-order valence-corrected chi connectivity index (χ1v) is 9.87. The number of hydrogen-bond donors (Lipinski definition) is 2. The molecule has 2 fully saturated rings. The van der Waals surface area contributed by atoms with Gasteiger partial charge in [0.25, 0.3) is 0 Å². The van der Waals surface area contributed by atoms with E-state index >= 15 is 0 Å². The van der Waals surface area contributed by atoms with Gasteiger partial charge in [-0.3, -0.25) is 9.59 Å². The highest BCUT2D eigenvalue weighted by atomic mass is 35.5. The predicted octanol–water partition coefficient (Wildman–Crippen LogP) is 2.75. The Morgan fingerprint density at radius 2 is 2.08 bits per heavy atom. The van der Waals surface area contributed by atoms with Crippen molar-refractivity contribution < 1.29 is 9.59 Å². The molecule has 26 heavy (non-hydrogen) atoms. The fraction of sp³-hybridized carbons (Fsp3) is 0.600. The lowest BCUT2D eigenvalue weighted by Crippen LogP contribution is -2.34. The van der Waals surface area contributed by atoms with Crippen molar-refractivity contribution >= 4 is 29.1 Å². The first kappa shape index (κ1) is 19.0. The minimum Gasteiger partial charge on any atom is -0.371 e. The standard InChI is InChI=1S/C20H28ClN3O2/c1-13-3-4-16(21)10-18(13)24-8-6-15(12-24)11-23-19(25)5-7-22-20(26)17-9-14(17)2/h3-4,10,14-15,17H,5-9,11-12H2,1-2H3,(H,22,26)(H,23,25). The Balaban J connectivity index is 1.35. The molecular formula is C20H28ClN3O2. The molecule has 0 radical (unpaired) electrons. The number of rotatable bonds is 7. The summed E-state index contributed by atoms with van der Waals surface area (Å²) < 4.78 is 0. The molecule has 3 atom stereocenters. The van der Waals surface area contributed by atoms with Crippen LogP contribution in [0.3, 0.4) is 0 Å². The maximum absolute atomic E-state index is 12.0. The highest BCUT2D eigenvalue weighted by molar-refractivity contribution is 6.30. The predicted molar refractivity (Wildman–Crippen MR) is 104 cm³/mol. The van der Waals surface area contributed by atoms with Gasteiger partial charge in [0.15, 0.2) is 0 Å². The molecule has 2 N–H and O–H groups in total. The van der Waals surface area contributed by atoms with Gasteiger partial charge >= 0.3 is 0 Å². The van der Waals surface area contributed by atoms with Crippen molar-refractivity contribution in [1.29, 1.82) is 0 Å². The molecule has 142 valence electrons. The van der Waals surface area contributed by atoms with E-state index in [-0.39, 0.29) is 17.7 Å². The first-order chi connectivity index (χ1) is 12.4. The van der Waals surface area contributed by atoms with Crippen molar-refractivity contribution in [3.8, 4) is 0 Å². The monoisotopic (exact) mass is 377 g/mol. The van der Waals surface area contributed by atoms with Crippen LogP contribution in [0.25, 0.3) is 0 Å². The number of anilines is 1. The number of aryl methyl sites for hydroxylation is 1. The fourth-order valence-electron chi connectivity index (χ4n) is 3.61. The third-order valence-corrected chi connectivity index (χ3v) is 5.72. The topological polar surface area (TPSA) is 61.4 Å². The number of benzene rings is 1. The molecular weight excluding hydrogens is 350 g/mol. The number of nitrogens with zero attached hydrogens (tertiary/aromatic N) is 1. The second-order valence-electron chi connectivity index (χ2n) is 7.70. The molecule has 2 amide bonds. The average molecular weight is 378 g/mol. The van der Waals surface area contributed by atoms with Crippen LogP contribution in [0, 0.1) is 24.7 Å². The number of amides is 2. The number of carbonyl (C=O) groups excluding carboxylic acids is 2. The molecule has 0 aromatic heterocycles. The summed E-state index contributed by atoms with van der Waals surface area (Å²) in [6.07, 6.45) is 2.38. The third-order valence-electron chi connectivity index (χ3n) is 5.48. The van der Waals surface area contributed by atoms with E-state index in [4.69, 9.17) is 11.6 Å². The summed E-state index contributed by atoms with van der Waals surface area (Å²) in [4.78, 5) is 26.1. The van der Waals surface area contributed by atoms with Crippen molar-refractivity contribution in [2.45, 2.75) is 33.1 Å². The summed E-state index contributed by atoms with van der Waals surface area (Å²) in [5, 5.41) is 6.62. The van der Waals surface area contributed by atoms with E-state index in [0.29, 0.717) is 31.3 Å². The summed E-state index contributed by atoms with van der Waals surface area (Å²) in [5.74, 6) is 1.20. The quantitative estimate of drug-likeness (QED) is 0.768. The Labute approximate surface area is 160 Å². The van der Waals surface area contributed by atoms with Crippen LogP contribution in [0.15, 0.2) is 18.2 Å². The molecule has 3 rings (SSSR count). The Bertz CT molecular complexity index is 679. The van der Waals surface area contributed by atoms with Gasteiger partial charge in [-0.2, -0.15) is 0 Å². The van der Waals surface area contributed by atoms with Crippen LogP contribution in [0.5, 0.6) is 0 Å². The molecule has 0 bridgehead atoms. The number of halogens is 1. The van der Waals surface area contributed by atoms with Crippen LogP contribution >= 0.6 is 11.6 Å². The van der Waals surface area contributed by atoms with Crippen molar-refractivity contribution in [2.24, 2.45) is 17.8 Å². The third kappa shape index (κ3) is 4.91. The lowest BCUT2D eigenvalue weighted by molar-refractivity contribution is -0.123. The molecule has 1 aliphatic heterocycles. The van der Waals surface area contributed by atoms with Gasteiger partial charge in [-0.05, 0) is 49.3 Å². The second-order valence-corrected chi connectivity index (χ2v) is 8.13. The van der Waals surface area contributed by atoms with Gasteiger partial charge < -0.3 is 15.5 Å². The van der Waals surface area contributed by atoms with E-state index in [0.717, 1.165) is 31.0 Å². The number of carbonyl (C=O) groups is 2. The zero-order valence-corrected chi connectivity index (χ0v) is 16.3. The molecule has 1 saturated heterocycles. The molecule has 1 saturated carbocycles. The average Bonchev–Trinajstić information content (AvgIpc) is 3.16. The van der Waals surface area contributed by atoms with E-state index in [1.807, 2.05) is 18.2 Å². The van der Waals surface area contributed by atoms with Gasteiger partial charge in [-0.1, -0.05) is 24.6 Å². The Morgan fingerprint density at radius 1 is 1.31 bits per heavy atom. The molecule has 5 nitrogen and oxygen atoms in total. The number of hydrogen-bond acceptors (Lipinski definition) is 3. The smallest absolute Gasteiger partial charge is 0.223 e. The van der Waals surface area contributed by atoms with Gasteiger partial charge in [0.1, 0.15) is 0 Å². The second kappa shape index (κ2) is 8.30. The lowest BCUT2D eigenvalue weighted by Gasteiger charge is -2.21. The van der Waals surface area contributed by atoms with Crippen molar-refractivity contribution in [2.75, 3.05) is 31.1 Å². The van der Waals surface area contributed by atoms with Crippen LogP contribution in [0.4, 0.5) is 5.69 Å². The van der Waals surface area contributed by atoms with Crippen molar-refractivity contribution in [3.63, 3.8) is 0 Å². The maximum Gasteiger partial charge on any atom is 0.223 e. The van der Waals surface area contributed by atoms with Gasteiger partial charge in [0.05, 0.1) is 0 Å². The minimum absolute atomic E-state index is 0.00605. The summed E-state index contributed by atoms with van der Waals surface area (Å²) in [5.41, 5.74) is 2.41. The SMILES string of the molecule is Cc1ccc(Cl)cc1N1CCC(CNC(=O)CCNC(=O)C2CC2C)C1. The molecule has 1 aromatic rings. The van der Waals surface area contributed by atoms with Crippen molar-refractivity contribution in [3.05, 3.63) is 28.8 Å². The normalized spacial score (nSPS) is 24.4. The van der Waals surface area contributed by atoms with Gasteiger partial charge in [-0.25, -0.2) is 0 Å². The number of nitrogens with one attached hydrogen (secondary N) is 2. The highest BCUT2D eigenvalue weighted by Crippen LogP contribution is 2.37. The van der Waals surface area contributed by atoms with Crippen LogP contribution in [-0.4, -0.2) is 38.0 Å². The van der Waals surface area contributed by atoms with Gasteiger partial charge in [0.2, 0.25) is 11.8 Å². The molecule has 1 heterocycles. The maximum atomic E-state index is 12.0. The van der Waals surface area contributed by atoms with Crippen LogP contribution in [0.2, 0.25) is 5.02 Å². The molecule has 2 aliphatic rings. The Morgan fingerprint density at radius 3 is 2.81 bits per heavy atom. The summed E-state index contributed by atoms with van der Waals surface area (Å²) >= 11 is 6.12. The van der Waals surface area contributed by atoms with Crippen LogP contribution in [-0.2, 0) is 9.59 Å². The first-order valence-electron chi connectivity index (χ1n) is 9.49. The van der Waals surface area contributed by atoms with E-state index in [2.05, 4.69) is 29.4 Å². The van der Waals surface area contributed by atoms with Crippen LogP contribution < -0.4 is 15.5 Å². The van der Waals surface area contributed by atoms with E-state index in [1.165, 1.54) is 11.3 Å². The molecule has 1 aromatic carbocycles. The Kier molecular flexibility index (Phi) is 6.07. The molecule has 6 heteroatoms. The van der Waals surface area contributed by atoms with E-state index < -0.39 is 0 Å². The fourth-order valence-corrected chi connectivity index (χ4v) is 3.77. The molecule has 0 spiro atoms. The van der Waals surface area contributed by atoms with Crippen LogP contribution in [0.1, 0.15) is 31.7 Å². The van der Waals surface area contributed by atoms with E-state index in [9.17, 15) is 9.59 Å². The van der Waals surface area contributed by atoms with Gasteiger partial charge in [0, 0.05) is 49.2 Å². The van der Waals surface area contributed by atoms with Crippen molar-refractivity contribution in [1.82, 2.24) is 10.6 Å². The Hall–Kier alpha value is -1.75. The summed E-state index contributed by atoms with van der Waals surface area (Å²) in [6.45, 7) is 7.19. The van der Waals surface area contributed by atoms with Gasteiger partial charge in [-0.15, -0.1) is 0 Å². The minimum atomic E-state index is 0.00605.